The second-order valence-electron chi connectivity index (χ2n) is 4.72. The molecule has 2 rings (SSSR count). The van der Waals surface area contributed by atoms with Crippen LogP contribution in [0.1, 0.15) is 12.0 Å². The first kappa shape index (κ1) is 13.2. The maximum Gasteiger partial charge on any atom is 0.160 e. The van der Waals surface area contributed by atoms with Gasteiger partial charge in [-0.1, -0.05) is 6.07 Å². The zero-order valence-electron chi connectivity index (χ0n) is 11.1. The number of nitrogens with zero attached hydrogens (tertiary/aromatic N) is 4. The van der Waals surface area contributed by atoms with E-state index in [4.69, 9.17) is 5.26 Å². The first-order chi connectivity index (χ1) is 9.10. The van der Waals surface area contributed by atoms with Crippen molar-refractivity contribution in [2.75, 3.05) is 13.6 Å². The van der Waals surface area contributed by atoms with Crippen molar-refractivity contribution >= 4 is 16.8 Å². The fourth-order valence-corrected chi connectivity index (χ4v) is 2.09. The van der Waals surface area contributed by atoms with E-state index >= 15 is 0 Å². The van der Waals surface area contributed by atoms with E-state index in [1.165, 1.54) is 0 Å². The van der Waals surface area contributed by atoms with Crippen LogP contribution in [0.3, 0.4) is 0 Å². The summed E-state index contributed by atoms with van der Waals surface area (Å²) in [5.41, 5.74) is 3.15. The van der Waals surface area contributed by atoms with Gasteiger partial charge in [0.25, 0.3) is 0 Å². The average molecular weight is 256 g/mol. The third kappa shape index (κ3) is 3.18. The Hall–Kier alpha value is -2.19. The summed E-state index contributed by atoms with van der Waals surface area (Å²) in [6.07, 6.45) is 1.76. The van der Waals surface area contributed by atoms with Gasteiger partial charge in [-0.05, 0) is 24.7 Å². The summed E-state index contributed by atoms with van der Waals surface area (Å²) in [5, 5.41) is 8.46. The summed E-state index contributed by atoms with van der Waals surface area (Å²) >= 11 is 0. The summed E-state index contributed by atoms with van der Waals surface area (Å²) in [5.74, 6) is -0.0519. The van der Waals surface area contributed by atoms with E-state index < -0.39 is 0 Å². The maximum absolute atomic E-state index is 11.4. The molecule has 5 heteroatoms. The number of carbonyl (C=O) groups excluding carboxylic acids is 1. The Labute approximate surface area is 112 Å². The van der Waals surface area contributed by atoms with Crippen LogP contribution in [-0.4, -0.2) is 33.8 Å². The molecule has 1 aromatic carbocycles. The molecule has 0 atom stereocenters. The standard InChI is InChI=1S/C14H16N4O/c1-17(9-12(19)5-6-15)8-11-3-4-14-13(7-11)16-10-18(14)2/h3-4,7,10H,5,8-9H2,1-2H3. The SMILES string of the molecule is CN(CC(=O)CC#N)Cc1ccc2c(c1)ncn2C. The van der Waals surface area contributed by atoms with Crippen LogP contribution in [0, 0.1) is 11.3 Å². The highest BCUT2D eigenvalue weighted by molar-refractivity contribution is 5.82. The highest BCUT2D eigenvalue weighted by Crippen LogP contribution is 2.14. The molecule has 1 aromatic heterocycles. The predicted octanol–water partition coefficient (Wildman–Crippen LogP) is 1.49. The van der Waals surface area contributed by atoms with E-state index in [0.29, 0.717) is 13.1 Å². The van der Waals surface area contributed by atoms with Crippen molar-refractivity contribution in [2.45, 2.75) is 13.0 Å². The number of carbonyl (C=O) groups is 1. The molecule has 0 amide bonds. The van der Waals surface area contributed by atoms with Crippen molar-refractivity contribution < 1.29 is 4.79 Å². The van der Waals surface area contributed by atoms with E-state index in [2.05, 4.69) is 4.98 Å². The highest BCUT2D eigenvalue weighted by Gasteiger charge is 2.08. The molecule has 0 aliphatic heterocycles. The fourth-order valence-electron chi connectivity index (χ4n) is 2.09. The molecule has 2 aromatic rings. The van der Waals surface area contributed by atoms with Gasteiger partial charge in [0.15, 0.2) is 5.78 Å². The lowest BCUT2D eigenvalue weighted by Crippen LogP contribution is -2.25. The molecule has 0 unspecified atom stereocenters. The van der Waals surface area contributed by atoms with Gasteiger partial charge in [0.05, 0.1) is 36.4 Å². The summed E-state index contributed by atoms with van der Waals surface area (Å²) in [7, 11) is 3.83. The molecule has 0 aliphatic rings. The summed E-state index contributed by atoms with van der Waals surface area (Å²) < 4.78 is 1.97. The maximum atomic E-state index is 11.4. The Balaban J connectivity index is 2.05. The van der Waals surface area contributed by atoms with E-state index in [1.54, 1.807) is 6.33 Å². The lowest BCUT2D eigenvalue weighted by Gasteiger charge is -2.15. The number of aryl methyl sites for hydroxylation is 1. The summed E-state index contributed by atoms with van der Waals surface area (Å²) in [4.78, 5) is 17.6. The van der Waals surface area contributed by atoms with Gasteiger partial charge in [-0.2, -0.15) is 5.26 Å². The predicted molar refractivity (Wildman–Crippen MR) is 72.3 cm³/mol. The third-order valence-electron chi connectivity index (χ3n) is 2.96. The molecule has 19 heavy (non-hydrogen) atoms. The number of hydrogen-bond acceptors (Lipinski definition) is 4. The van der Waals surface area contributed by atoms with Gasteiger partial charge < -0.3 is 4.57 Å². The molecule has 1 heterocycles. The molecule has 0 saturated heterocycles. The van der Waals surface area contributed by atoms with Crippen LogP contribution in [0.2, 0.25) is 0 Å². The number of ketones is 1. The zero-order valence-corrected chi connectivity index (χ0v) is 11.1. The minimum atomic E-state index is -0.0519. The first-order valence-corrected chi connectivity index (χ1v) is 6.07. The smallest absolute Gasteiger partial charge is 0.160 e. The number of rotatable bonds is 5. The van der Waals surface area contributed by atoms with Crippen molar-refractivity contribution in [2.24, 2.45) is 7.05 Å². The van der Waals surface area contributed by atoms with Crippen LogP contribution in [0.25, 0.3) is 11.0 Å². The second kappa shape index (κ2) is 5.63. The Bertz CT molecular complexity index is 638. The van der Waals surface area contributed by atoms with Gasteiger partial charge in [0, 0.05) is 13.6 Å². The molecule has 0 N–H and O–H groups in total. The number of Topliss-reactive ketones (excluding diaryl/α,β-unsaturated/α-hetero) is 1. The van der Waals surface area contributed by atoms with Gasteiger partial charge in [-0.25, -0.2) is 4.98 Å². The number of imidazole rings is 1. The van der Waals surface area contributed by atoms with E-state index in [9.17, 15) is 4.79 Å². The molecule has 5 nitrogen and oxygen atoms in total. The molecule has 0 bridgehead atoms. The van der Waals surface area contributed by atoms with Gasteiger partial charge >= 0.3 is 0 Å². The Morgan fingerprint density at radius 2 is 2.32 bits per heavy atom. The number of hydrogen-bond donors (Lipinski definition) is 0. The van der Waals surface area contributed by atoms with Crippen LogP contribution in [0.5, 0.6) is 0 Å². The van der Waals surface area contributed by atoms with Crippen LogP contribution < -0.4 is 0 Å². The summed E-state index contributed by atoms with van der Waals surface area (Å²) in [6.45, 7) is 0.970. The van der Waals surface area contributed by atoms with E-state index in [-0.39, 0.29) is 12.2 Å². The number of likely N-dealkylation sites (N-methyl/N-ethyl adjacent to an activating group) is 1. The van der Waals surface area contributed by atoms with Crippen molar-refractivity contribution in [3.63, 3.8) is 0 Å². The lowest BCUT2D eigenvalue weighted by atomic mass is 10.2. The van der Waals surface area contributed by atoms with Gasteiger partial charge in [0.1, 0.15) is 0 Å². The zero-order chi connectivity index (χ0) is 13.8. The molecular weight excluding hydrogens is 240 g/mol. The molecule has 0 spiro atoms. The number of nitriles is 1. The number of aromatic nitrogens is 2. The lowest BCUT2D eigenvalue weighted by molar-refractivity contribution is -0.119. The topological polar surface area (TPSA) is 61.9 Å². The van der Waals surface area contributed by atoms with Crippen molar-refractivity contribution in [3.8, 4) is 6.07 Å². The van der Waals surface area contributed by atoms with Crippen molar-refractivity contribution in [1.82, 2.24) is 14.5 Å². The van der Waals surface area contributed by atoms with Crippen LogP contribution in [0.4, 0.5) is 0 Å². The van der Waals surface area contributed by atoms with Gasteiger partial charge in [0.2, 0.25) is 0 Å². The molecular formula is C14H16N4O. The molecule has 0 aliphatic carbocycles. The molecule has 0 radical (unpaired) electrons. The van der Waals surface area contributed by atoms with E-state index in [0.717, 1.165) is 16.6 Å². The largest absolute Gasteiger partial charge is 0.334 e. The molecule has 0 saturated carbocycles. The molecule has 0 fully saturated rings. The molecule has 98 valence electrons. The first-order valence-electron chi connectivity index (χ1n) is 6.07. The Kier molecular flexibility index (Phi) is 3.93. The van der Waals surface area contributed by atoms with E-state index in [1.807, 2.05) is 47.8 Å². The van der Waals surface area contributed by atoms with Crippen LogP contribution in [-0.2, 0) is 18.4 Å². The van der Waals surface area contributed by atoms with Crippen LogP contribution in [0.15, 0.2) is 24.5 Å². The summed E-state index contributed by atoms with van der Waals surface area (Å²) in [6, 6.07) is 7.97. The minimum Gasteiger partial charge on any atom is -0.334 e. The number of fused-ring (bicyclic) bond motifs is 1. The second-order valence-corrected chi connectivity index (χ2v) is 4.72. The fraction of sp³-hybridized carbons (Fsp3) is 0.357. The third-order valence-corrected chi connectivity index (χ3v) is 2.96. The van der Waals surface area contributed by atoms with Gasteiger partial charge in [-0.15, -0.1) is 0 Å². The minimum absolute atomic E-state index is 0.0242. The normalized spacial score (nSPS) is 10.8. The monoisotopic (exact) mass is 256 g/mol. The highest BCUT2D eigenvalue weighted by atomic mass is 16.1. The quantitative estimate of drug-likeness (QED) is 0.813. The Morgan fingerprint density at radius 1 is 1.53 bits per heavy atom. The number of benzene rings is 1. The van der Waals surface area contributed by atoms with Crippen molar-refractivity contribution in [3.05, 3.63) is 30.1 Å². The Morgan fingerprint density at radius 3 is 3.05 bits per heavy atom. The van der Waals surface area contributed by atoms with Crippen molar-refractivity contribution in [1.29, 1.82) is 5.26 Å². The van der Waals surface area contributed by atoms with Gasteiger partial charge in [-0.3, -0.25) is 9.69 Å². The van der Waals surface area contributed by atoms with Crippen LogP contribution >= 0.6 is 0 Å². The average Bonchev–Trinajstić information content (AvgIpc) is 2.70.